The monoisotopic (exact) mass is 353 g/mol. The Morgan fingerprint density at radius 1 is 1.52 bits per heavy atom. The molecular formula is C16H20BrNO3. The molecular weight excluding hydrogens is 334 g/mol. The molecule has 0 saturated heterocycles. The predicted molar refractivity (Wildman–Crippen MR) is 86.1 cm³/mol. The average Bonchev–Trinajstić information content (AvgIpc) is 2.45. The van der Waals surface area contributed by atoms with Crippen molar-refractivity contribution in [2.75, 3.05) is 7.11 Å². The molecule has 4 nitrogen and oxygen atoms in total. The smallest absolute Gasteiger partial charge is 0.244 e. The zero-order chi connectivity index (χ0) is 15.6. The molecule has 0 heterocycles. The van der Waals surface area contributed by atoms with Gasteiger partial charge in [0, 0.05) is 27.6 Å². The van der Waals surface area contributed by atoms with Crippen molar-refractivity contribution in [2.24, 2.45) is 5.41 Å². The highest BCUT2D eigenvalue weighted by atomic mass is 79.9. The van der Waals surface area contributed by atoms with Crippen molar-refractivity contribution in [1.82, 2.24) is 5.32 Å². The van der Waals surface area contributed by atoms with E-state index in [0.717, 1.165) is 10.0 Å². The third-order valence-electron chi connectivity index (χ3n) is 4.14. The molecule has 21 heavy (non-hydrogen) atoms. The number of benzene rings is 1. The molecule has 114 valence electrons. The molecule has 2 unspecified atom stereocenters. The minimum absolute atomic E-state index is 0.00838. The maximum atomic E-state index is 12.0. The Balaban J connectivity index is 2.01. The summed E-state index contributed by atoms with van der Waals surface area (Å²) in [6, 6.07) is 5.62. The Morgan fingerprint density at radius 2 is 2.24 bits per heavy atom. The van der Waals surface area contributed by atoms with Gasteiger partial charge in [0.25, 0.3) is 0 Å². The van der Waals surface area contributed by atoms with Crippen LogP contribution in [0.15, 0.2) is 28.7 Å². The summed E-state index contributed by atoms with van der Waals surface area (Å²) < 4.78 is 6.18. The number of rotatable bonds is 4. The topological polar surface area (TPSA) is 58.6 Å². The summed E-state index contributed by atoms with van der Waals surface area (Å²) in [6.07, 6.45) is 3.47. The molecule has 1 fully saturated rings. The summed E-state index contributed by atoms with van der Waals surface area (Å²) >= 11 is 3.40. The lowest BCUT2D eigenvalue weighted by Gasteiger charge is -2.49. The van der Waals surface area contributed by atoms with Crippen LogP contribution < -0.4 is 10.1 Å². The summed E-state index contributed by atoms with van der Waals surface area (Å²) in [6.45, 7) is 3.90. The quantitative estimate of drug-likeness (QED) is 0.818. The molecule has 1 aromatic rings. The SMILES string of the molecule is COc1ccc(Br)cc1/C=C/C(=O)NC1CC(O)C1(C)C. The summed E-state index contributed by atoms with van der Waals surface area (Å²) in [5.41, 5.74) is 0.562. The number of aliphatic hydroxyl groups excluding tert-OH is 1. The maximum Gasteiger partial charge on any atom is 0.244 e. The maximum absolute atomic E-state index is 12.0. The van der Waals surface area contributed by atoms with Crippen LogP contribution in [0.1, 0.15) is 25.8 Å². The molecule has 1 aliphatic carbocycles. The number of amides is 1. The van der Waals surface area contributed by atoms with Crippen LogP contribution in [0.2, 0.25) is 0 Å². The van der Waals surface area contributed by atoms with Gasteiger partial charge in [-0.25, -0.2) is 0 Å². The van der Waals surface area contributed by atoms with Gasteiger partial charge in [0.15, 0.2) is 0 Å². The van der Waals surface area contributed by atoms with Crippen LogP contribution in [-0.2, 0) is 4.79 Å². The van der Waals surface area contributed by atoms with Crippen LogP contribution in [-0.4, -0.2) is 30.3 Å². The van der Waals surface area contributed by atoms with E-state index in [-0.39, 0.29) is 23.5 Å². The van der Waals surface area contributed by atoms with Crippen LogP contribution in [0.5, 0.6) is 5.75 Å². The first-order valence-electron chi connectivity index (χ1n) is 6.84. The summed E-state index contributed by atoms with van der Waals surface area (Å²) in [7, 11) is 1.60. The molecule has 0 radical (unpaired) electrons. The highest BCUT2D eigenvalue weighted by Gasteiger charge is 2.47. The van der Waals surface area contributed by atoms with E-state index in [9.17, 15) is 9.90 Å². The molecule has 1 aromatic carbocycles. The second-order valence-electron chi connectivity index (χ2n) is 5.85. The van der Waals surface area contributed by atoms with Crippen LogP contribution in [0.4, 0.5) is 0 Å². The van der Waals surface area contributed by atoms with Gasteiger partial charge in [-0.2, -0.15) is 0 Å². The Hall–Kier alpha value is -1.33. The lowest BCUT2D eigenvalue weighted by molar-refractivity contribution is -0.124. The van der Waals surface area contributed by atoms with E-state index >= 15 is 0 Å². The third-order valence-corrected chi connectivity index (χ3v) is 4.63. The molecule has 1 saturated carbocycles. The zero-order valence-electron chi connectivity index (χ0n) is 12.4. The van der Waals surface area contributed by atoms with Crippen molar-refractivity contribution in [3.8, 4) is 5.75 Å². The average molecular weight is 354 g/mol. The van der Waals surface area contributed by atoms with Gasteiger partial charge in [-0.05, 0) is 30.7 Å². The summed E-state index contributed by atoms with van der Waals surface area (Å²) in [5, 5.41) is 12.6. The van der Waals surface area contributed by atoms with Crippen molar-refractivity contribution in [2.45, 2.75) is 32.4 Å². The number of ether oxygens (including phenoxy) is 1. The fourth-order valence-corrected chi connectivity index (χ4v) is 2.75. The van der Waals surface area contributed by atoms with E-state index in [1.807, 2.05) is 32.0 Å². The van der Waals surface area contributed by atoms with Gasteiger partial charge in [-0.1, -0.05) is 29.8 Å². The first-order chi connectivity index (χ1) is 9.84. The minimum atomic E-state index is -0.350. The number of carbonyl (C=O) groups is 1. The van der Waals surface area contributed by atoms with Crippen molar-refractivity contribution in [3.63, 3.8) is 0 Å². The van der Waals surface area contributed by atoms with Crippen molar-refractivity contribution < 1.29 is 14.6 Å². The zero-order valence-corrected chi connectivity index (χ0v) is 14.0. The molecule has 0 spiro atoms. The first-order valence-corrected chi connectivity index (χ1v) is 7.64. The molecule has 2 rings (SSSR count). The van der Waals surface area contributed by atoms with E-state index in [1.54, 1.807) is 13.2 Å². The molecule has 0 bridgehead atoms. The Morgan fingerprint density at radius 3 is 2.81 bits per heavy atom. The molecule has 1 aliphatic rings. The highest BCUT2D eigenvalue weighted by Crippen LogP contribution is 2.40. The lowest BCUT2D eigenvalue weighted by Crippen LogP contribution is -2.60. The van der Waals surface area contributed by atoms with Gasteiger partial charge in [0.05, 0.1) is 13.2 Å². The van der Waals surface area contributed by atoms with Gasteiger partial charge >= 0.3 is 0 Å². The summed E-state index contributed by atoms with van der Waals surface area (Å²) in [4.78, 5) is 12.0. The fraction of sp³-hybridized carbons (Fsp3) is 0.438. The number of methoxy groups -OCH3 is 1. The van der Waals surface area contributed by atoms with Gasteiger partial charge < -0.3 is 15.2 Å². The molecule has 0 aliphatic heterocycles. The number of hydrogen-bond acceptors (Lipinski definition) is 3. The van der Waals surface area contributed by atoms with Crippen molar-refractivity contribution in [3.05, 3.63) is 34.3 Å². The number of carbonyl (C=O) groups excluding carboxylic acids is 1. The van der Waals surface area contributed by atoms with Gasteiger partial charge in [-0.3, -0.25) is 4.79 Å². The first kappa shape index (κ1) is 16.0. The van der Waals surface area contributed by atoms with Crippen LogP contribution in [0.25, 0.3) is 6.08 Å². The van der Waals surface area contributed by atoms with Crippen LogP contribution in [0.3, 0.4) is 0 Å². The van der Waals surface area contributed by atoms with E-state index in [2.05, 4.69) is 21.2 Å². The van der Waals surface area contributed by atoms with Gasteiger partial charge in [0.2, 0.25) is 5.91 Å². The van der Waals surface area contributed by atoms with Crippen LogP contribution in [0, 0.1) is 5.41 Å². The number of nitrogens with one attached hydrogen (secondary N) is 1. The normalized spacial score (nSPS) is 23.7. The molecule has 2 atom stereocenters. The Bertz CT molecular complexity index is 569. The number of aliphatic hydroxyl groups is 1. The van der Waals surface area contributed by atoms with E-state index < -0.39 is 0 Å². The van der Waals surface area contributed by atoms with Gasteiger partial charge in [-0.15, -0.1) is 0 Å². The number of halogens is 1. The standard InChI is InChI=1S/C16H20BrNO3/c1-16(2)13(9-14(16)19)18-15(20)7-4-10-8-11(17)5-6-12(10)21-3/h4-8,13-14,19H,9H2,1-3H3,(H,18,20)/b7-4+. The molecule has 0 aromatic heterocycles. The minimum Gasteiger partial charge on any atom is -0.496 e. The van der Waals surface area contributed by atoms with E-state index in [0.29, 0.717) is 12.2 Å². The third kappa shape index (κ3) is 3.47. The van der Waals surface area contributed by atoms with E-state index in [4.69, 9.17) is 4.74 Å². The molecule has 2 N–H and O–H groups in total. The van der Waals surface area contributed by atoms with Crippen LogP contribution >= 0.6 is 15.9 Å². The summed E-state index contributed by atoms with van der Waals surface area (Å²) in [5.74, 6) is 0.545. The molecule has 5 heteroatoms. The second kappa shape index (κ2) is 6.20. The van der Waals surface area contributed by atoms with Crippen molar-refractivity contribution >= 4 is 27.9 Å². The number of hydrogen-bond donors (Lipinski definition) is 2. The second-order valence-corrected chi connectivity index (χ2v) is 6.77. The molecule has 1 amide bonds. The van der Waals surface area contributed by atoms with Crippen molar-refractivity contribution in [1.29, 1.82) is 0 Å². The fourth-order valence-electron chi connectivity index (χ4n) is 2.37. The van der Waals surface area contributed by atoms with Gasteiger partial charge in [0.1, 0.15) is 5.75 Å². The van der Waals surface area contributed by atoms with E-state index in [1.165, 1.54) is 6.08 Å². The largest absolute Gasteiger partial charge is 0.496 e. The highest BCUT2D eigenvalue weighted by molar-refractivity contribution is 9.10. The Kier molecular flexibility index (Phi) is 4.74. The predicted octanol–water partition coefficient (Wildman–Crippen LogP) is 2.75. The lowest BCUT2D eigenvalue weighted by atomic mass is 9.64. The Labute approximate surface area is 133 Å².